The Morgan fingerprint density at radius 3 is 2.45 bits per heavy atom. The Balaban J connectivity index is 2.65. The lowest BCUT2D eigenvalue weighted by atomic mass is 9.76. The number of fused-ring (bicyclic) bond motifs is 1. The second-order valence-corrected chi connectivity index (χ2v) is 9.87. The molecule has 0 amide bonds. The minimum absolute atomic E-state index is 0.0845. The highest BCUT2D eigenvalue weighted by atomic mass is 79.9. The molecule has 1 aromatic heterocycles. The van der Waals surface area contributed by atoms with Crippen LogP contribution in [0.4, 0.5) is 0 Å². The average molecular weight is 498 g/mol. The van der Waals surface area contributed by atoms with Gasteiger partial charge in [-0.05, 0) is 29.8 Å². The highest BCUT2D eigenvalue weighted by Crippen LogP contribution is 2.58. The summed E-state index contributed by atoms with van der Waals surface area (Å²) < 4.78 is 42.6. The first kappa shape index (κ1) is 24.5. The van der Waals surface area contributed by atoms with Gasteiger partial charge in [0.2, 0.25) is 5.43 Å². The normalized spacial score (nSPS) is 24.4. The lowest BCUT2D eigenvalue weighted by molar-refractivity contribution is -0.158. The first-order valence-electron chi connectivity index (χ1n) is 9.31. The van der Waals surface area contributed by atoms with E-state index in [0.717, 1.165) is 0 Å². The van der Waals surface area contributed by atoms with Crippen LogP contribution in [-0.2, 0) is 29.6 Å². The molecule has 0 fully saturated rings. The molecule has 0 aromatic carbocycles. The number of hydrogen-bond donors (Lipinski definition) is 1. The molecule has 1 N–H and O–H groups in total. The summed E-state index contributed by atoms with van der Waals surface area (Å²) in [7, 11) is -0.675. The summed E-state index contributed by atoms with van der Waals surface area (Å²) in [6, 6.07) is 0. The predicted molar refractivity (Wildman–Crippen MR) is 110 cm³/mol. The van der Waals surface area contributed by atoms with E-state index in [-0.39, 0.29) is 43.9 Å². The molecule has 3 atom stereocenters. The van der Waals surface area contributed by atoms with E-state index < -0.39 is 25.2 Å². The SMILES string of the molecule is CCOP(=O)(CC1(C)C(O)Cn2cc(Br)c(=O)c(OC)c2C1OCOC)OCC. The molecule has 0 bridgehead atoms. The Morgan fingerprint density at radius 1 is 1.31 bits per heavy atom. The lowest BCUT2D eigenvalue weighted by Gasteiger charge is -2.47. The molecule has 29 heavy (non-hydrogen) atoms. The van der Waals surface area contributed by atoms with Crippen LogP contribution in [0.15, 0.2) is 15.5 Å². The third-order valence-electron chi connectivity index (χ3n) is 4.96. The highest BCUT2D eigenvalue weighted by molar-refractivity contribution is 9.10. The van der Waals surface area contributed by atoms with Gasteiger partial charge in [0.15, 0.2) is 5.75 Å². The number of nitrogens with zero attached hydrogens (tertiary/aromatic N) is 1. The second-order valence-electron chi connectivity index (χ2n) is 6.96. The standard InChI is InChI=1S/C18H29BrNO8P/c1-6-27-29(23,28-7-2)10-18(3)13(21)9-20-8-12(19)15(22)16(25-5)14(20)17(18)26-11-24-4/h8,13,17,21H,6-7,9-11H2,1-5H3. The molecule has 2 heterocycles. The molecule has 0 spiro atoms. The van der Waals surface area contributed by atoms with Gasteiger partial charge in [0, 0.05) is 25.3 Å². The van der Waals surface area contributed by atoms with Crippen molar-refractivity contribution in [3.63, 3.8) is 0 Å². The fourth-order valence-corrected chi connectivity index (χ4v) is 6.34. The number of ether oxygens (including phenoxy) is 3. The van der Waals surface area contributed by atoms with Crippen LogP contribution in [-0.4, -0.2) is 56.2 Å². The quantitative estimate of drug-likeness (QED) is 0.388. The fourth-order valence-electron chi connectivity index (χ4n) is 3.65. The van der Waals surface area contributed by atoms with Crippen LogP contribution in [0.3, 0.4) is 0 Å². The molecule has 0 saturated carbocycles. The Morgan fingerprint density at radius 2 is 1.93 bits per heavy atom. The predicted octanol–water partition coefficient (Wildman–Crippen LogP) is 2.93. The first-order chi connectivity index (χ1) is 13.7. The Labute approximate surface area is 178 Å². The van der Waals surface area contributed by atoms with Crippen molar-refractivity contribution in [2.45, 2.75) is 39.5 Å². The Kier molecular flexibility index (Phi) is 8.50. The van der Waals surface area contributed by atoms with Gasteiger partial charge in [-0.2, -0.15) is 0 Å². The van der Waals surface area contributed by atoms with Crippen LogP contribution in [0.1, 0.15) is 32.6 Å². The molecule has 3 unspecified atom stereocenters. The van der Waals surface area contributed by atoms with Crippen molar-refractivity contribution in [3.05, 3.63) is 26.6 Å². The molecule has 2 rings (SSSR count). The number of aliphatic hydroxyl groups excluding tert-OH is 1. The maximum absolute atomic E-state index is 13.3. The number of aliphatic hydroxyl groups is 1. The third-order valence-corrected chi connectivity index (χ3v) is 7.89. The smallest absolute Gasteiger partial charge is 0.331 e. The lowest BCUT2D eigenvalue weighted by Crippen LogP contribution is -2.50. The zero-order chi connectivity index (χ0) is 21.8. The monoisotopic (exact) mass is 497 g/mol. The summed E-state index contributed by atoms with van der Waals surface area (Å²) in [4.78, 5) is 12.6. The number of halogens is 1. The zero-order valence-electron chi connectivity index (χ0n) is 17.3. The van der Waals surface area contributed by atoms with E-state index in [9.17, 15) is 14.5 Å². The summed E-state index contributed by atoms with van der Waals surface area (Å²) in [5, 5.41) is 11.1. The van der Waals surface area contributed by atoms with E-state index in [4.69, 9.17) is 23.3 Å². The van der Waals surface area contributed by atoms with E-state index in [1.807, 2.05) is 0 Å². The maximum Gasteiger partial charge on any atom is 0.331 e. The second kappa shape index (κ2) is 10.0. The third kappa shape index (κ3) is 4.95. The highest BCUT2D eigenvalue weighted by Gasteiger charge is 2.53. The molecule has 1 aliphatic rings. The van der Waals surface area contributed by atoms with E-state index >= 15 is 0 Å². The van der Waals surface area contributed by atoms with E-state index in [1.165, 1.54) is 14.2 Å². The molecule has 166 valence electrons. The molecule has 1 aromatic rings. The minimum Gasteiger partial charge on any atom is -0.491 e. The number of methoxy groups -OCH3 is 2. The van der Waals surface area contributed by atoms with Crippen LogP contribution >= 0.6 is 23.5 Å². The van der Waals surface area contributed by atoms with E-state index in [2.05, 4.69) is 15.9 Å². The van der Waals surface area contributed by atoms with Gasteiger partial charge in [-0.3, -0.25) is 9.36 Å². The number of rotatable bonds is 10. The van der Waals surface area contributed by atoms with Gasteiger partial charge < -0.3 is 32.9 Å². The molecule has 0 saturated heterocycles. The van der Waals surface area contributed by atoms with Crippen molar-refractivity contribution >= 4 is 23.5 Å². The van der Waals surface area contributed by atoms with Gasteiger partial charge in [-0.1, -0.05) is 6.92 Å². The summed E-state index contributed by atoms with van der Waals surface area (Å²) in [5.41, 5.74) is -1.02. The van der Waals surface area contributed by atoms with Crippen molar-refractivity contribution in [1.29, 1.82) is 0 Å². The molecule has 0 radical (unpaired) electrons. The van der Waals surface area contributed by atoms with E-state index in [0.29, 0.717) is 10.2 Å². The van der Waals surface area contributed by atoms with Crippen molar-refractivity contribution in [1.82, 2.24) is 4.57 Å². The molecule has 9 nitrogen and oxygen atoms in total. The van der Waals surface area contributed by atoms with Crippen LogP contribution in [0.25, 0.3) is 0 Å². The van der Waals surface area contributed by atoms with Gasteiger partial charge in [0.05, 0.1) is 42.8 Å². The van der Waals surface area contributed by atoms with Gasteiger partial charge in [-0.25, -0.2) is 0 Å². The summed E-state index contributed by atoms with van der Waals surface area (Å²) in [6.07, 6.45) is -0.358. The van der Waals surface area contributed by atoms with Crippen LogP contribution in [0, 0.1) is 5.41 Å². The number of hydrogen-bond acceptors (Lipinski definition) is 8. The summed E-state index contributed by atoms with van der Waals surface area (Å²) in [6.45, 7) is 5.61. The topological polar surface area (TPSA) is 105 Å². The molecule has 11 heteroatoms. The van der Waals surface area contributed by atoms with Crippen molar-refractivity contribution in [2.24, 2.45) is 5.41 Å². The van der Waals surface area contributed by atoms with Crippen LogP contribution in [0.2, 0.25) is 0 Å². The van der Waals surface area contributed by atoms with Crippen LogP contribution in [0.5, 0.6) is 5.75 Å². The van der Waals surface area contributed by atoms with Crippen LogP contribution < -0.4 is 10.2 Å². The Hall–Kier alpha value is -0.740. The van der Waals surface area contributed by atoms with Gasteiger partial charge in [-0.15, -0.1) is 0 Å². The largest absolute Gasteiger partial charge is 0.491 e. The van der Waals surface area contributed by atoms with E-state index in [1.54, 1.807) is 31.5 Å². The average Bonchev–Trinajstić information content (AvgIpc) is 2.64. The molecular formula is C18H29BrNO8P. The molecule has 1 aliphatic heterocycles. The first-order valence-corrected chi connectivity index (χ1v) is 11.8. The maximum atomic E-state index is 13.3. The number of aromatic nitrogens is 1. The zero-order valence-corrected chi connectivity index (χ0v) is 19.8. The van der Waals surface area contributed by atoms with Gasteiger partial charge >= 0.3 is 7.60 Å². The minimum atomic E-state index is -3.54. The van der Waals surface area contributed by atoms with Crippen molar-refractivity contribution in [3.8, 4) is 5.75 Å². The number of pyridine rings is 1. The van der Waals surface area contributed by atoms with Crippen molar-refractivity contribution in [2.75, 3.05) is 40.4 Å². The van der Waals surface area contributed by atoms with Crippen molar-refractivity contribution < 1.29 is 32.9 Å². The molecule has 0 aliphatic carbocycles. The fraction of sp³-hybridized carbons (Fsp3) is 0.722. The summed E-state index contributed by atoms with van der Waals surface area (Å²) in [5.74, 6) is 0.0845. The van der Waals surface area contributed by atoms with Gasteiger partial charge in [0.1, 0.15) is 12.9 Å². The summed E-state index contributed by atoms with van der Waals surface area (Å²) >= 11 is 3.23. The molecular weight excluding hydrogens is 469 g/mol. The van der Waals surface area contributed by atoms with Gasteiger partial charge in [0.25, 0.3) is 0 Å². The Bertz CT molecular complexity index is 806.